The van der Waals surface area contributed by atoms with Gasteiger partial charge in [-0.25, -0.2) is 4.39 Å². The van der Waals surface area contributed by atoms with Gasteiger partial charge in [-0.2, -0.15) is 0 Å². The number of amides is 1. The van der Waals surface area contributed by atoms with E-state index in [2.05, 4.69) is 10.3 Å². The van der Waals surface area contributed by atoms with E-state index >= 15 is 0 Å². The molecule has 33 heavy (non-hydrogen) atoms. The third-order valence-electron chi connectivity index (χ3n) is 5.22. The second kappa shape index (κ2) is 12.1. The molecule has 0 heterocycles. The Labute approximate surface area is 192 Å². The zero-order valence-corrected chi connectivity index (χ0v) is 18.1. The summed E-state index contributed by atoms with van der Waals surface area (Å²) in [6.45, 7) is 0.915. The Balaban J connectivity index is 1.66. The van der Waals surface area contributed by atoms with E-state index in [1.807, 2.05) is 60.7 Å². The Bertz CT molecular complexity index is 1040. The summed E-state index contributed by atoms with van der Waals surface area (Å²) in [6, 6.07) is 24.9. The molecule has 0 aliphatic rings. The van der Waals surface area contributed by atoms with Crippen LogP contribution in [0.4, 0.5) is 4.39 Å². The van der Waals surface area contributed by atoms with E-state index in [9.17, 15) is 19.6 Å². The quantitative estimate of drug-likeness (QED) is 0.253. The van der Waals surface area contributed by atoms with Crippen molar-refractivity contribution in [2.45, 2.75) is 32.4 Å². The fourth-order valence-electron chi connectivity index (χ4n) is 3.45. The summed E-state index contributed by atoms with van der Waals surface area (Å²) < 4.78 is 13.2. The van der Waals surface area contributed by atoms with Crippen molar-refractivity contribution >= 4 is 17.3 Å². The van der Waals surface area contributed by atoms with Crippen molar-refractivity contribution in [1.29, 1.82) is 0 Å². The van der Waals surface area contributed by atoms with Crippen LogP contribution in [0, 0.1) is 5.82 Å². The molecule has 1 amide bonds. The molecule has 0 bridgehead atoms. The maximum absolute atomic E-state index is 13.2. The number of oxime groups is 2. The summed E-state index contributed by atoms with van der Waals surface area (Å²) in [7, 11) is 0. The predicted molar refractivity (Wildman–Crippen MR) is 125 cm³/mol. The molecule has 0 aliphatic carbocycles. The number of carbonyl (C=O) groups is 1. The molecule has 3 aromatic carbocycles. The van der Waals surface area contributed by atoms with Crippen LogP contribution in [0.15, 0.2) is 95.2 Å². The maximum Gasteiger partial charge on any atom is 0.223 e. The van der Waals surface area contributed by atoms with Crippen LogP contribution in [0.3, 0.4) is 0 Å². The smallest absolute Gasteiger partial charge is 0.223 e. The van der Waals surface area contributed by atoms with Crippen LogP contribution in [-0.4, -0.2) is 32.6 Å². The van der Waals surface area contributed by atoms with Gasteiger partial charge >= 0.3 is 0 Å². The summed E-state index contributed by atoms with van der Waals surface area (Å²) in [5, 5.41) is 25.4. The van der Waals surface area contributed by atoms with Crippen LogP contribution in [0.25, 0.3) is 0 Å². The van der Waals surface area contributed by atoms with Gasteiger partial charge < -0.3 is 15.3 Å². The largest absolute Gasteiger partial charge is 0.411 e. The highest BCUT2D eigenvalue weighted by atomic mass is 19.1. The summed E-state index contributed by atoms with van der Waals surface area (Å²) in [5.41, 5.74) is 3.05. The lowest BCUT2D eigenvalue weighted by Gasteiger charge is -2.23. The van der Waals surface area contributed by atoms with Gasteiger partial charge in [-0.3, -0.25) is 4.79 Å². The van der Waals surface area contributed by atoms with Crippen LogP contribution in [-0.2, 0) is 17.9 Å². The number of hydrogen-bond donors (Lipinski definition) is 2. The topological polar surface area (TPSA) is 85.5 Å². The number of halogens is 1. The van der Waals surface area contributed by atoms with E-state index < -0.39 is 5.82 Å². The van der Waals surface area contributed by atoms with E-state index in [4.69, 9.17) is 0 Å². The summed E-state index contributed by atoms with van der Waals surface area (Å²) in [6.07, 6.45) is 0.347. The molecule has 0 atom stereocenters. The van der Waals surface area contributed by atoms with Crippen LogP contribution in [0.1, 0.15) is 36.0 Å². The lowest BCUT2D eigenvalue weighted by molar-refractivity contribution is -0.132. The molecule has 6 nitrogen and oxygen atoms in total. The van der Waals surface area contributed by atoms with Crippen LogP contribution >= 0.6 is 0 Å². The van der Waals surface area contributed by atoms with Gasteiger partial charge in [-0.1, -0.05) is 83.1 Å². The molecule has 170 valence electrons. The van der Waals surface area contributed by atoms with Crippen molar-refractivity contribution in [2.24, 2.45) is 10.3 Å². The molecule has 0 saturated carbocycles. The second-order valence-corrected chi connectivity index (χ2v) is 7.62. The fraction of sp³-hybridized carbons (Fsp3) is 0.192. The Morgan fingerprint density at radius 1 is 0.758 bits per heavy atom. The van der Waals surface area contributed by atoms with E-state index in [0.29, 0.717) is 24.4 Å². The molecule has 0 spiro atoms. The zero-order valence-electron chi connectivity index (χ0n) is 18.1. The number of rotatable bonds is 10. The van der Waals surface area contributed by atoms with Crippen molar-refractivity contribution in [3.8, 4) is 0 Å². The Hall–Kier alpha value is -4.00. The maximum atomic E-state index is 13.2. The normalized spacial score (nSPS) is 11.9. The highest BCUT2D eigenvalue weighted by Crippen LogP contribution is 2.14. The Morgan fingerprint density at radius 2 is 1.30 bits per heavy atom. The van der Waals surface area contributed by atoms with Crippen molar-refractivity contribution in [3.63, 3.8) is 0 Å². The number of benzene rings is 3. The Kier molecular flexibility index (Phi) is 8.71. The standard InChI is InChI=1S/C26H26FN3O3/c27-23-13-11-22(12-14-23)25(29-33)17-24(28-32)15-16-26(31)30(18-20-7-3-1-4-8-20)19-21-9-5-2-6-10-21/h1-14,32-33H,15-19H2/b28-24-,29-25+. The van der Waals surface area contributed by atoms with Gasteiger partial charge in [0.1, 0.15) is 5.82 Å². The fourth-order valence-corrected chi connectivity index (χ4v) is 3.45. The van der Waals surface area contributed by atoms with E-state index in [1.165, 1.54) is 24.3 Å². The minimum atomic E-state index is -0.408. The third-order valence-corrected chi connectivity index (χ3v) is 5.22. The van der Waals surface area contributed by atoms with Crippen LogP contribution in [0.5, 0.6) is 0 Å². The van der Waals surface area contributed by atoms with Crippen molar-refractivity contribution in [3.05, 3.63) is 107 Å². The summed E-state index contributed by atoms with van der Waals surface area (Å²) in [4.78, 5) is 14.9. The van der Waals surface area contributed by atoms with Gasteiger partial charge in [0.15, 0.2) is 0 Å². The number of carbonyl (C=O) groups excluding carboxylic acids is 1. The van der Waals surface area contributed by atoms with Gasteiger partial charge in [0, 0.05) is 25.9 Å². The molecule has 0 unspecified atom stereocenters. The first-order valence-electron chi connectivity index (χ1n) is 10.6. The minimum absolute atomic E-state index is 0.0310. The first-order valence-corrected chi connectivity index (χ1v) is 10.6. The first-order chi connectivity index (χ1) is 16.1. The lowest BCUT2D eigenvalue weighted by Crippen LogP contribution is -2.30. The molecule has 3 aromatic rings. The average Bonchev–Trinajstić information content (AvgIpc) is 2.85. The van der Waals surface area contributed by atoms with Gasteiger partial charge in [0.05, 0.1) is 11.4 Å². The molecule has 3 rings (SSSR count). The minimum Gasteiger partial charge on any atom is -0.411 e. The number of nitrogens with zero attached hydrogens (tertiary/aromatic N) is 3. The molecule has 0 saturated heterocycles. The molecule has 0 radical (unpaired) electrons. The SMILES string of the molecule is O=C(CC/C(C/C(=N\O)c1ccc(F)cc1)=N/O)N(Cc1ccccc1)Cc1ccccc1. The van der Waals surface area contributed by atoms with Gasteiger partial charge in [0.25, 0.3) is 0 Å². The Morgan fingerprint density at radius 3 is 1.79 bits per heavy atom. The summed E-state index contributed by atoms with van der Waals surface area (Å²) >= 11 is 0. The summed E-state index contributed by atoms with van der Waals surface area (Å²) in [5.74, 6) is -0.497. The van der Waals surface area contributed by atoms with Crippen LogP contribution in [0.2, 0.25) is 0 Å². The average molecular weight is 448 g/mol. The van der Waals surface area contributed by atoms with Gasteiger partial charge in [-0.05, 0) is 35.2 Å². The molecule has 0 aliphatic heterocycles. The molecular weight excluding hydrogens is 421 g/mol. The third kappa shape index (κ3) is 7.28. The van der Waals surface area contributed by atoms with E-state index in [-0.39, 0.29) is 30.9 Å². The van der Waals surface area contributed by atoms with Crippen molar-refractivity contribution in [1.82, 2.24) is 4.90 Å². The highest BCUT2D eigenvalue weighted by Gasteiger charge is 2.17. The molecule has 0 fully saturated rings. The van der Waals surface area contributed by atoms with E-state index in [0.717, 1.165) is 11.1 Å². The molecule has 0 aromatic heterocycles. The van der Waals surface area contributed by atoms with Gasteiger partial charge in [-0.15, -0.1) is 0 Å². The lowest BCUT2D eigenvalue weighted by atomic mass is 10.0. The molecule has 2 N–H and O–H groups in total. The van der Waals surface area contributed by atoms with Crippen LogP contribution < -0.4 is 0 Å². The van der Waals surface area contributed by atoms with E-state index in [1.54, 1.807) is 4.90 Å². The zero-order chi connectivity index (χ0) is 23.5. The first kappa shape index (κ1) is 23.7. The highest BCUT2D eigenvalue weighted by molar-refractivity contribution is 6.12. The van der Waals surface area contributed by atoms with Crippen molar-refractivity contribution in [2.75, 3.05) is 0 Å². The van der Waals surface area contributed by atoms with Gasteiger partial charge in [0.2, 0.25) is 5.91 Å². The monoisotopic (exact) mass is 447 g/mol. The number of hydrogen-bond acceptors (Lipinski definition) is 5. The predicted octanol–water partition coefficient (Wildman–Crippen LogP) is 5.23. The molecule has 7 heteroatoms. The second-order valence-electron chi connectivity index (χ2n) is 7.62. The molecular formula is C26H26FN3O3. The van der Waals surface area contributed by atoms with Crippen molar-refractivity contribution < 1.29 is 19.6 Å².